The average Bonchev–Trinajstić information content (AvgIpc) is 2.63. The minimum atomic E-state index is -0.160. The number of para-hydroxylation sites is 1. The number of pyridine rings is 1. The lowest BCUT2D eigenvalue weighted by Gasteiger charge is -2.12. The van der Waals surface area contributed by atoms with Gasteiger partial charge in [0.1, 0.15) is 5.69 Å². The molecule has 0 radical (unpaired) electrons. The quantitative estimate of drug-likeness (QED) is 0.721. The van der Waals surface area contributed by atoms with Crippen LogP contribution in [0.4, 0.5) is 5.69 Å². The van der Waals surface area contributed by atoms with Crippen molar-refractivity contribution in [2.24, 2.45) is 0 Å². The summed E-state index contributed by atoms with van der Waals surface area (Å²) >= 11 is 0. The number of hydrogen-bond donors (Lipinski definition) is 1. The molecule has 0 saturated carbocycles. The van der Waals surface area contributed by atoms with Crippen LogP contribution in [0.2, 0.25) is 0 Å². The zero-order valence-corrected chi connectivity index (χ0v) is 14.0. The molecule has 0 atom stereocenters. The van der Waals surface area contributed by atoms with Gasteiger partial charge in [-0.05, 0) is 35.9 Å². The van der Waals surface area contributed by atoms with Crippen LogP contribution in [-0.4, -0.2) is 30.7 Å². The van der Waals surface area contributed by atoms with Gasteiger partial charge in [-0.25, -0.2) is 4.98 Å². The number of anilines is 1. The molecule has 0 unspecified atom stereocenters. The predicted molar refractivity (Wildman–Crippen MR) is 99.8 cm³/mol. The number of ether oxygens (including phenoxy) is 1. The molecule has 1 heterocycles. The molecule has 0 amide bonds. The predicted octanol–water partition coefficient (Wildman–Crippen LogP) is 3.71. The minimum Gasteiger partial charge on any atom is -0.503 e. The molecule has 5 nitrogen and oxygen atoms in total. The van der Waals surface area contributed by atoms with Gasteiger partial charge < -0.3 is 14.7 Å². The molecular weight excluding hydrogens is 316 g/mol. The second-order valence-electron chi connectivity index (χ2n) is 5.73. The Bertz CT molecular complexity index is 932. The Morgan fingerprint density at radius 3 is 2.44 bits per heavy atom. The van der Waals surface area contributed by atoms with Gasteiger partial charge in [-0.15, -0.1) is 0 Å². The van der Waals surface area contributed by atoms with Crippen molar-refractivity contribution in [1.82, 2.24) is 4.98 Å². The lowest BCUT2D eigenvalue weighted by atomic mass is 10.1. The minimum absolute atomic E-state index is 0.114. The van der Waals surface area contributed by atoms with Gasteiger partial charge in [0.2, 0.25) is 0 Å². The van der Waals surface area contributed by atoms with E-state index in [9.17, 15) is 9.90 Å². The zero-order chi connectivity index (χ0) is 17.8. The third kappa shape index (κ3) is 3.45. The molecule has 0 aliphatic rings. The maximum atomic E-state index is 10.8. The first-order valence-electron chi connectivity index (χ1n) is 7.77. The van der Waals surface area contributed by atoms with E-state index in [2.05, 4.69) is 4.98 Å². The summed E-state index contributed by atoms with van der Waals surface area (Å²) in [5.41, 5.74) is 3.05. The van der Waals surface area contributed by atoms with E-state index in [4.69, 9.17) is 4.74 Å². The lowest BCUT2D eigenvalue weighted by molar-refractivity contribution is -0.120. The summed E-state index contributed by atoms with van der Waals surface area (Å²) in [7, 11) is 3.97. The summed E-state index contributed by atoms with van der Waals surface area (Å²) in [5, 5.41) is 11.0. The molecule has 1 aromatic heterocycles. The Hall–Kier alpha value is -3.34. The van der Waals surface area contributed by atoms with Crippen LogP contribution in [0.5, 0.6) is 11.5 Å². The number of aromatic hydroxyl groups is 1. The molecule has 1 N–H and O–H groups in total. The van der Waals surface area contributed by atoms with E-state index < -0.39 is 0 Å². The first-order chi connectivity index (χ1) is 12.1. The van der Waals surface area contributed by atoms with Gasteiger partial charge in [-0.2, -0.15) is 0 Å². The van der Waals surface area contributed by atoms with Gasteiger partial charge in [-0.1, -0.05) is 30.3 Å². The van der Waals surface area contributed by atoms with Crippen LogP contribution in [0, 0.1) is 0 Å². The third-order valence-electron chi connectivity index (χ3n) is 3.86. The standard InChI is InChI=1S/C20H18N2O3/c1-22(2)15-10-7-14(8-11-15)9-12-18-19(24)20(25-13-23)16-5-3-4-6-17(16)21-18/h3-13,24H,1-2H3. The molecule has 25 heavy (non-hydrogen) atoms. The van der Waals surface area contributed by atoms with Crippen molar-refractivity contribution in [3.8, 4) is 11.5 Å². The average molecular weight is 334 g/mol. The first kappa shape index (κ1) is 16.5. The van der Waals surface area contributed by atoms with Crippen LogP contribution in [-0.2, 0) is 4.79 Å². The molecule has 2 aromatic carbocycles. The first-order valence-corrected chi connectivity index (χ1v) is 7.77. The summed E-state index contributed by atoms with van der Waals surface area (Å²) < 4.78 is 4.97. The number of fused-ring (bicyclic) bond motifs is 1. The third-order valence-corrected chi connectivity index (χ3v) is 3.86. The maximum Gasteiger partial charge on any atom is 0.298 e. The SMILES string of the molecule is CN(C)c1ccc(C=Cc2nc3ccccc3c(OC=O)c2O)cc1. The molecule has 3 rings (SSSR count). The zero-order valence-electron chi connectivity index (χ0n) is 14.0. The summed E-state index contributed by atoms with van der Waals surface area (Å²) in [6.07, 6.45) is 3.55. The van der Waals surface area contributed by atoms with Crippen molar-refractivity contribution >= 4 is 35.2 Å². The maximum absolute atomic E-state index is 10.8. The Morgan fingerprint density at radius 2 is 1.76 bits per heavy atom. The van der Waals surface area contributed by atoms with E-state index >= 15 is 0 Å². The molecule has 0 spiro atoms. The fourth-order valence-corrected chi connectivity index (χ4v) is 2.53. The summed E-state index contributed by atoms with van der Waals surface area (Å²) in [5.74, 6) is -0.0461. The molecule has 0 saturated heterocycles. The van der Waals surface area contributed by atoms with Crippen molar-refractivity contribution in [1.29, 1.82) is 0 Å². The fourth-order valence-electron chi connectivity index (χ4n) is 2.53. The van der Waals surface area contributed by atoms with E-state index in [1.54, 1.807) is 24.3 Å². The number of carbonyl (C=O) groups is 1. The Kier molecular flexibility index (Phi) is 4.66. The fraction of sp³-hybridized carbons (Fsp3) is 0.100. The van der Waals surface area contributed by atoms with Gasteiger partial charge in [0.15, 0.2) is 11.5 Å². The van der Waals surface area contributed by atoms with Gasteiger partial charge >= 0.3 is 0 Å². The van der Waals surface area contributed by atoms with E-state index in [0.29, 0.717) is 23.1 Å². The number of benzene rings is 2. The highest BCUT2D eigenvalue weighted by Crippen LogP contribution is 2.36. The molecule has 0 fully saturated rings. The second-order valence-corrected chi connectivity index (χ2v) is 5.73. The van der Waals surface area contributed by atoms with E-state index in [1.807, 2.05) is 55.4 Å². The summed E-state index contributed by atoms with van der Waals surface area (Å²) in [4.78, 5) is 17.2. The van der Waals surface area contributed by atoms with Crippen molar-refractivity contribution in [2.75, 3.05) is 19.0 Å². The van der Waals surface area contributed by atoms with E-state index in [-0.39, 0.29) is 11.5 Å². The molecule has 126 valence electrons. The highest BCUT2D eigenvalue weighted by atomic mass is 16.5. The number of carbonyl (C=O) groups excluding carboxylic acids is 1. The van der Waals surface area contributed by atoms with Crippen LogP contribution < -0.4 is 9.64 Å². The smallest absolute Gasteiger partial charge is 0.298 e. The molecule has 0 aliphatic heterocycles. The topological polar surface area (TPSA) is 62.7 Å². The number of hydrogen-bond acceptors (Lipinski definition) is 5. The monoisotopic (exact) mass is 334 g/mol. The largest absolute Gasteiger partial charge is 0.503 e. The summed E-state index contributed by atoms with van der Waals surface area (Å²) in [6, 6.07) is 15.2. The number of rotatable bonds is 5. The van der Waals surface area contributed by atoms with Crippen molar-refractivity contribution in [3.63, 3.8) is 0 Å². The van der Waals surface area contributed by atoms with Crippen LogP contribution in [0.1, 0.15) is 11.3 Å². The molecule has 0 aliphatic carbocycles. The molecular formula is C20H18N2O3. The molecule has 3 aromatic rings. The molecule has 5 heteroatoms. The normalized spacial score (nSPS) is 11.0. The van der Waals surface area contributed by atoms with Crippen molar-refractivity contribution in [2.45, 2.75) is 0 Å². The van der Waals surface area contributed by atoms with E-state index in [0.717, 1.165) is 11.3 Å². The Morgan fingerprint density at radius 1 is 1.04 bits per heavy atom. The number of nitrogens with zero attached hydrogens (tertiary/aromatic N) is 2. The summed E-state index contributed by atoms with van der Waals surface area (Å²) in [6.45, 7) is 0.301. The van der Waals surface area contributed by atoms with Crippen LogP contribution in [0.3, 0.4) is 0 Å². The van der Waals surface area contributed by atoms with Crippen molar-refractivity contribution < 1.29 is 14.6 Å². The van der Waals surface area contributed by atoms with Crippen LogP contribution >= 0.6 is 0 Å². The van der Waals surface area contributed by atoms with Crippen molar-refractivity contribution in [3.05, 3.63) is 59.8 Å². The van der Waals surface area contributed by atoms with Gasteiger partial charge in [0.05, 0.1) is 5.52 Å². The lowest BCUT2D eigenvalue weighted by Crippen LogP contribution is -2.07. The van der Waals surface area contributed by atoms with Gasteiger partial charge in [0.25, 0.3) is 6.47 Å². The van der Waals surface area contributed by atoms with Crippen LogP contribution in [0.15, 0.2) is 48.5 Å². The Labute approximate surface area is 145 Å². The molecule has 0 bridgehead atoms. The van der Waals surface area contributed by atoms with Gasteiger partial charge in [0, 0.05) is 25.2 Å². The highest BCUT2D eigenvalue weighted by molar-refractivity contribution is 5.91. The second kappa shape index (κ2) is 7.05. The number of aromatic nitrogens is 1. The van der Waals surface area contributed by atoms with Crippen LogP contribution in [0.25, 0.3) is 23.1 Å². The van der Waals surface area contributed by atoms with Gasteiger partial charge in [-0.3, -0.25) is 4.79 Å². The highest BCUT2D eigenvalue weighted by Gasteiger charge is 2.14. The Balaban J connectivity index is 2.00. The van der Waals surface area contributed by atoms with E-state index in [1.165, 1.54) is 0 Å².